The van der Waals surface area contributed by atoms with Crippen LogP contribution in [0.25, 0.3) is 0 Å². The summed E-state index contributed by atoms with van der Waals surface area (Å²) in [6, 6.07) is 7.64. The average molecular weight is 345 g/mol. The highest BCUT2D eigenvalue weighted by Gasteiger charge is 2.24. The molecule has 1 aliphatic heterocycles. The number of carbonyl (C=O) groups is 1. The van der Waals surface area contributed by atoms with Crippen molar-refractivity contribution in [3.8, 4) is 0 Å². The minimum atomic E-state index is 0.0470. The Kier molecular flexibility index (Phi) is 5.48. The number of hydrogen-bond acceptors (Lipinski definition) is 5. The molecular formula is C18H23N3O2S. The van der Waals surface area contributed by atoms with Crippen molar-refractivity contribution >= 4 is 22.9 Å². The second-order valence-electron chi connectivity index (χ2n) is 6.24. The summed E-state index contributed by atoms with van der Waals surface area (Å²) in [5.74, 6) is 0.254. The first-order valence-corrected chi connectivity index (χ1v) is 9.18. The van der Waals surface area contributed by atoms with E-state index in [1.54, 1.807) is 11.3 Å². The summed E-state index contributed by atoms with van der Waals surface area (Å²) in [5, 5.41) is 12.7. The zero-order valence-electron chi connectivity index (χ0n) is 13.9. The lowest BCUT2D eigenvalue weighted by Crippen LogP contribution is -2.40. The van der Waals surface area contributed by atoms with Crippen LogP contribution in [0.5, 0.6) is 0 Å². The molecule has 2 N–H and O–H groups in total. The van der Waals surface area contributed by atoms with E-state index in [-0.39, 0.29) is 18.4 Å². The Morgan fingerprint density at radius 3 is 3.12 bits per heavy atom. The molecule has 1 aromatic carbocycles. The predicted octanol–water partition coefficient (Wildman–Crippen LogP) is 2.91. The molecule has 1 amide bonds. The summed E-state index contributed by atoms with van der Waals surface area (Å²) in [7, 11) is 0. The lowest BCUT2D eigenvalue weighted by molar-refractivity contribution is 0.0621. The van der Waals surface area contributed by atoms with E-state index in [4.69, 9.17) is 0 Å². The normalized spacial score (nSPS) is 17.8. The Morgan fingerprint density at radius 1 is 1.50 bits per heavy atom. The van der Waals surface area contributed by atoms with Gasteiger partial charge in [-0.1, -0.05) is 6.07 Å². The summed E-state index contributed by atoms with van der Waals surface area (Å²) >= 11 is 1.63. The molecule has 1 aromatic heterocycles. The van der Waals surface area contributed by atoms with Crippen LogP contribution in [0.3, 0.4) is 0 Å². The molecule has 5 nitrogen and oxygen atoms in total. The number of rotatable bonds is 5. The van der Waals surface area contributed by atoms with Crippen LogP contribution in [0.15, 0.2) is 29.8 Å². The Balaban J connectivity index is 1.66. The molecule has 0 radical (unpaired) electrons. The van der Waals surface area contributed by atoms with Gasteiger partial charge in [0, 0.05) is 35.8 Å². The summed E-state index contributed by atoms with van der Waals surface area (Å²) in [5.41, 5.74) is 4.52. The molecule has 1 fully saturated rings. The number of carbonyl (C=O) groups excluding carboxylic acids is 1. The molecular weight excluding hydrogens is 322 g/mol. The predicted molar refractivity (Wildman–Crippen MR) is 96.3 cm³/mol. The van der Waals surface area contributed by atoms with Crippen LogP contribution >= 0.6 is 11.3 Å². The van der Waals surface area contributed by atoms with E-state index < -0.39 is 0 Å². The van der Waals surface area contributed by atoms with E-state index in [9.17, 15) is 9.90 Å². The monoisotopic (exact) mass is 345 g/mol. The molecule has 0 saturated carbocycles. The minimum Gasteiger partial charge on any atom is -0.396 e. The molecule has 1 unspecified atom stereocenters. The third kappa shape index (κ3) is 3.94. The van der Waals surface area contributed by atoms with Gasteiger partial charge in [0.15, 0.2) is 0 Å². The number of hydrogen-bond donors (Lipinski definition) is 2. The van der Waals surface area contributed by atoms with Gasteiger partial charge in [-0.3, -0.25) is 4.79 Å². The Bertz CT molecular complexity index is 701. The van der Waals surface area contributed by atoms with Crippen molar-refractivity contribution in [1.82, 2.24) is 9.88 Å². The third-order valence-corrected chi connectivity index (χ3v) is 5.41. The lowest BCUT2D eigenvalue weighted by Gasteiger charge is -2.32. The van der Waals surface area contributed by atoms with Crippen molar-refractivity contribution in [1.29, 1.82) is 0 Å². The second kappa shape index (κ2) is 7.77. The third-order valence-electron chi connectivity index (χ3n) is 4.47. The molecule has 128 valence electrons. The number of likely N-dealkylation sites (tertiary alicyclic amines) is 1. The average Bonchev–Trinajstić information content (AvgIpc) is 3.04. The van der Waals surface area contributed by atoms with Crippen molar-refractivity contribution < 1.29 is 9.90 Å². The molecule has 0 aliphatic carbocycles. The number of aryl methyl sites for hydroxylation is 1. The number of anilines is 1. The van der Waals surface area contributed by atoms with Crippen LogP contribution in [0.1, 0.15) is 33.8 Å². The van der Waals surface area contributed by atoms with E-state index in [1.165, 1.54) is 4.88 Å². The summed E-state index contributed by atoms with van der Waals surface area (Å²) in [4.78, 5) is 20.0. The first kappa shape index (κ1) is 16.9. The lowest BCUT2D eigenvalue weighted by atomic mass is 9.98. The highest BCUT2D eigenvalue weighted by Crippen LogP contribution is 2.20. The highest BCUT2D eigenvalue weighted by atomic mass is 32.1. The van der Waals surface area contributed by atoms with Gasteiger partial charge in [0.2, 0.25) is 0 Å². The molecule has 0 spiro atoms. The summed E-state index contributed by atoms with van der Waals surface area (Å²) < 4.78 is 0. The highest BCUT2D eigenvalue weighted by molar-refractivity contribution is 7.09. The zero-order chi connectivity index (χ0) is 16.9. The first-order chi connectivity index (χ1) is 11.7. The van der Waals surface area contributed by atoms with Crippen LogP contribution in [-0.4, -0.2) is 40.6 Å². The number of aromatic nitrogens is 1. The van der Waals surface area contributed by atoms with Crippen LogP contribution in [-0.2, 0) is 6.54 Å². The SMILES string of the molecule is Cc1ncsc1CNc1cccc(C(=O)N2CCCC(CO)C2)c1. The van der Waals surface area contributed by atoms with E-state index in [1.807, 2.05) is 41.6 Å². The summed E-state index contributed by atoms with van der Waals surface area (Å²) in [6.45, 7) is 4.28. The standard InChI is InChI=1S/C18H23N3O2S/c1-13-17(24-12-20-13)9-19-16-6-2-5-15(8-16)18(23)21-7-3-4-14(10-21)11-22/h2,5-6,8,12,14,19,22H,3-4,7,9-11H2,1H3. The van der Waals surface area contributed by atoms with Crippen molar-refractivity contribution in [2.24, 2.45) is 5.92 Å². The minimum absolute atomic E-state index is 0.0470. The number of nitrogens with zero attached hydrogens (tertiary/aromatic N) is 2. The molecule has 0 bridgehead atoms. The number of piperidine rings is 1. The van der Waals surface area contributed by atoms with Gasteiger partial charge in [-0.25, -0.2) is 4.98 Å². The van der Waals surface area contributed by atoms with Gasteiger partial charge >= 0.3 is 0 Å². The smallest absolute Gasteiger partial charge is 0.253 e. The fourth-order valence-electron chi connectivity index (χ4n) is 3.02. The van der Waals surface area contributed by atoms with Crippen LogP contribution in [0.2, 0.25) is 0 Å². The van der Waals surface area contributed by atoms with Gasteiger partial charge in [0.1, 0.15) is 0 Å². The maximum Gasteiger partial charge on any atom is 0.253 e. The van der Waals surface area contributed by atoms with Crippen molar-refractivity contribution in [3.05, 3.63) is 45.9 Å². The summed E-state index contributed by atoms with van der Waals surface area (Å²) in [6.07, 6.45) is 1.95. The van der Waals surface area contributed by atoms with Crippen LogP contribution in [0, 0.1) is 12.8 Å². The largest absolute Gasteiger partial charge is 0.396 e. The van der Waals surface area contributed by atoms with Gasteiger partial charge in [0.25, 0.3) is 5.91 Å². The molecule has 6 heteroatoms. The quantitative estimate of drug-likeness (QED) is 0.874. The Morgan fingerprint density at radius 2 is 2.38 bits per heavy atom. The number of nitrogens with one attached hydrogen (secondary N) is 1. The maximum atomic E-state index is 12.7. The number of benzene rings is 1. The van der Waals surface area contributed by atoms with Gasteiger partial charge in [-0.05, 0) is 43.9 Å². The number of aliphatic hydroxyl groups excluding tert-OH is 1. The Hall–Kier alpha value is -1.92. The van der Waals surface area contributed by atoms with Crippen molar-refractivity contribution in [3.63, 3.8) is 0 Å². The first-order valence-electron chi connectivity index (χ1n) is 8.30. The molecule has 1 aliphatic rings. The van der Waals surface area contributed by atoms with E-state index >= 15 is 0 Å². The maximum absolute atomic E-state index is 12.7. The van der Waals surface area contributed by atoms with E-state index in [0.717, 1.165) is 30.8 Å². The van der Waals surface area contributed by atoms with Gasteiger partial charge < -0.3 is 15.3 Å². The molecule has 1 saturated heterocycles. The topological polar surface area (TPSA) is 65.5 Å². The zero-order valence-corrected chi connectivity index (χ0v) is 14.7. The fraction of sp³-hybridized carbons (Fsp3) is 0.444. The van der Waals surface area contributed by atoms with E-state index in [2.05, 4.69) is 10.3 Å². The number of thiazole rings is 1. The number of aliphatic hydroxyl groups is 1. The van der Waals surface area contributed by atoms with E-state index in [0.29, 0.717) is 18.7 Å². The molecule has 24 heavy (non-hydrogen) atoms. The van der Waals surface area contributed by atoms with Crippen LogP contribution < -0.4 is 5.32 Å². The van der Waals surface area contributed by atoms with Gasteiger partial charge in [-0.15, -0.1) is 11.3 Å². The number of amides is 1. The van der Waals surface area contributed by atoms with Gasteiger partial charge in [-0.2, -0.15) is 0 Å². The molecule has 2 heterocycles. The van der Waals surface area contributed by atoms with Crippen molar-refractivity contribution in [2.45, 2.75) is 26.3 Å². The molecule has 1 atom stereocenters. The van der Waals surface area contributed by atoms with Crippen LogP contribution in [0.4, 0.5) is 5.69 Å². The second-order valence-corrected chi connectivity index (χ2v) is 7.18. The molecule has 2 aromatic rings. The fourth-order valence-corrected chi connectivity index (χ4v) is 3.74. The molecule has 3 rings (SSSR count). The van der Waals surface area contributed by atoms with Crippen molar-refractivity contribution in [2.75, 3.05) is 25.0 Å². The Labute approximate surface area is 146 Å². The van der Waals surface area contributed by atoms with Gasteiger partial charge in [0.05, 0.1) is 17.7 Å².